The molecule has 1 fully saturated rings. The van der Waals surface area contributed by atoms with Gasteiger partial charge in [0.15, 0.2) is 11.5 Å². The smallest absolute Gasteiger partial charge is 0.336 e. The summed E-state index contributed by atoms with van der Waals surface area (Å²) in [5.74, 6) is -1.72. The number of nitro benzene ring substituents is 1. The van der Waals surface area contributed by atoms with Gasteiger partial charge in [0, 0.05) is 18.2 Å². The van der Waals surface area contributed by atoms with E-state index in [4.69, 9.17) is 14.2 Å². The standard InChI is InChI=1S/C29H23N3O9/c1-3-40-25-17-19(7-13-24(25)41-26(33)14-8-18-5-4-6-21(15-18)32(37)38)16-23-27(34)30-29(36)31(28(23)35)20-9-11-22(39-2)12-10-20/h4-17H,3H2,1-2H3,(H,30,34,36)/b14-8+,23-16+. The summed E-state index contributed by atoms with van der Waals surface area (Å²) in [4.78, 5) is 61.9. The van der Waals surface area contributed by atoms with Crippen molar-refractivity contribution in [2.24, 2.45) is 0 Å². The summed E-state index contributed by atoms with van der Waals surface area (Å²) in [6.07, 6.45) is 3.77. The lowest BCUT2D eigenvalue weighted by Gasteiger charge is -2.26. The molecule has 1 aliphatic heterocycles. The molecule has 4 amide bonds. The Labute approximate surface area is 233 Å². The highest BCUT2D eigenvalue weighted by atomic mass is 16.6. The van der Waals surface area contributed by atoms with Gasteiger partial charge in [0.25, 0.3) is 17.5 Å². The third-order valence-electron chi connectivity index (χ3n) is 5.71. The van der Waals surface area contributed by atoms with E-state index in [1.165, 1.54) is 67.8 Å². The van der Waals surface area contributed by atoms with Gasteiger partial charge in [0.05, 0.1) is 24.3 Å². The number of benzene rings is 3. The normalized spacial score (nSPS) is 14.2. The largest absolute Gasteiger partial charge is 0.497 e. The quantitative estimate of drug-likeness (QED) is 0.101. The van der Waals surface area contributed by atoms with Gasteiger partial charge in [0.2, 0.25) is 0 Å². The molecule has 1 heterocycles. The SMILES string of the molecule is CCOc1cc(/C=C2\C(=O)NC(=O)N(c3ccc(OC)cc3)C2=O)ccc1OC(=O)/C=C/c1cccc([N+](=O)[O-])c1. The number of imide groups is 2. The maximum atomic E-state index is 13.2. The number of urea groups is 1. The minimum atomic E-state index is -0.891. The lowest BCUT2D eigenvalue weighted by atomic mass is 10.1. The molecule has 0 aliphatic carbocycles. The average molecular weight is 558 g/mol. The number of nitro groups is 1. The fourth-order valence-corrected chi connectivity index (χ4v) is 3.81. The molecule has 208 valence electrons. The van der Waals surface area contributed by atoms with Gasteiger partial charge in [-0.3, -0.25) is 25.0 Å². The van der Waals surface area contributed by atoms with Crippen molar-refractivity contribution in [3.8, 4) is 17.2 Å². The number of esters is 1. The molecule has 0 bridgehead atoms. The summed E-state index contributed by atoms with van der Waals surface area (Å²) in [7, 11) is 1.48. The molecule has 3 aromatic carbocycles. The van der Waals surface area contributed by atoms with Crippen LogP contribution in [-0.4, -0.2) is 42.5 Å². The van der Waals surface area contributed by atoms with Gasteiger partial charge in [-0.1, -0.05) is 18.2 Å². The van der Waals surface area contributed by atoms with E-state index < -0.39 is 28.7 Å². The van der Waals surface area contributed by atoms with Gasteiger partial charge < -0.3 is 14.2 Å². The zero-order chi connectivity index (χ0) is 29.5. The van der Waals surface area contributed by atoms with Gasteiger partial charge in [-0.15, -0.1) is 0 Å². The molecule has 1 saturated heterocycles. The number of nitrogens with one attached hydrogen (secondary N) is 1. The number of hydrogen-bond acceptors (Lipinski definition) is 9. The molecule has 4 rings (SSSR count). The van der Waals surface area contributed by atoms with Crippen molar-refractivity contribution < 1.29 is 38.3 Å². The molecule has 0 radical (unpaired) electrons. The van der Waals surface area contributed by atoms with E-state index >= 15 is 0 Å². The highest BCUT2D eigenvalue weighted by Crippen LogP contribution is 2.31. The maximum Gasteiger partial charge on any atom is 0.336 e. The number of amides is 4. The number of carbonyl (C=O) groups is 4. The Hall–Kier alpha value is -5.78. The van der Waals surface area contributed by atoms with E-state index in [1.54, 1.807) is 25.1 Å². The number of barbiturate groups is 1. The van der Waals surface area contributed by atoms with E-state index in [2.05, 4.69) is 5.32 Å². The first-order valence-electron chi connectivity index (χ1n) is 12.2. The molecular formula is C29H23N3O9. The van der Waals surface area contributed by atoms with Crippen LogP contribution < -0.4 is 24.4 Å². The summed E-state index contributed by atoms with van der Waals surface area (Å²) >= 11 is 0. The Morgan fingerprint density at radius 2 is 1.76 bits per heavy atom. The number of carbonyl (C=O) groups excluding carboxylic acids is 4. The van der Waals surface area contributed by atoms with Crippen LogP contribution in [0.2, 0.25) is 0 Å². The van der Waals surface area contributed by atoms with Gasteiger partial charge >= 0.3 is 12.0 Å². The van der Waals surface area contributed by atoms with Gasteiger partial charge in [-0.2, -0.15) is 0 Å². The topological polar surface area (TPSA) is 154 Å². The summed E-state index contributed by atoms with van der Waals surface area (Å²) in [5.41, 5.74) is 0.615. The lowest BCUT2D eigenvalue weighted by Crippen LogP contribution is -2.54. The van der Waals surface area contributed by atoms with Crippen molar-refractivity contribution in [3.05, 3.63) is 99.6 Å². The summed E-state index contributed by atoms with van der Waals surface area (Å²) < 4.78 is 16.1. The molecule has 0 saturated carbocycles. The molecular weight excluding hydrogens is 534 g/mol. The Balaban J connectivity index is 1.56. The van der Waals surface area contributed by atoms with Gasteiger partial charge in [-0.25, -0.2) is 14.5 Å². The van der Waals surface area contributed by atoms with Crippen molar-refractivity contribution in [1.29, 1.82) is 0 Å². The van der Waals surface area contributed by atoms with Crippen molar-refractivity contribution in [2.45, 2.75) is 6.92 Å². The number of ether oxygens (including phenoxy) is 3. The van der Waals surface area contributed by atoms with Crippen molar-refractivity contribution in [3.63, 3.8) is 0 Å². The summed E-state index contributed by atoms with van der Waals surface area (Å²) in [6.45, 7) is 1.93. The first-order valence-corrected chi connectivity index (χ1v) is 12.2. The zero-order valence-corrected chi connectivity index (χ0v) is 21.9. The summed E-state index contributed by atoms with van der Waals surface area (Å²) in [6, 6.07) is 15.4. The van der Waals surface area contributed by atoms with Crippen LogP contribution in [-0.2, 0) is 14.4 Å². The zero-order valence-electron chi connectivity index (χ0n) is 21.9. The molecule has 0 spiro atoms. The molecule has 0 aromatic heterocycles. The van der Waals surface area contributed by atoms with E-state index in [9.17, 15) is 29.3 Å². The summed E-state index contributed by atoms with van der Waals surface area (Å²) in [5, 5.41) is 13.1. The fourth-order valence-electron chi connectivity index (χ4n) is 3.81. The molecule has 1 aliphatic rings. The van der Waals surface area contributed by atoms with Gasteiger partial charge in [-0.05, 0) is 66.6 Å². The lowest BCUT2D eigenvalue weighted by molar-refractivity contribution is -0.384. The van der Waals surface area contributed by atoms with E-state index in [1.807, 2.05) is 0 Å². The van der Waals surface area contributed by atoms with Crippen molar-refractivity contribution in [1.82, 2.24) is 5.32 Å². The van der Waals surface area contributed by atoms with Crippen LogP contribution in [0.25, 0.3) is 12.2 Å². The van der Waals surface area contributed by atoms with Gasteiger partial charge in [0.1, 0.15) is 11.3 Å². The number of anilines is 1. The first-order chi connectivity index (χ1) is 19.7. The van der Waals surface area contributed by atoms with Crippen LogP contribution in [0.4, 0.5) is 16.2 Å². The average Bonchev–Trinajstić information content (AvgIpc) is 2.96. The molecule has 12 heteroatoms. The monoisotopic (exact) mass is 557 g/mol. The molecule has 0 atom stereocenters. The number of methoxy groups -OCH3 is 1. The molecule has 1 N–H and O–H groups in total. The van der Waals surface area contributed by atoms with Crippen LogP contribution in [0, 0.1) is 10.1 Å². The van der Waals surface area contributed by atoms with Crippen LogP contribution >= 0.6 is 0 Å². The molecule has 0 unspecified atom stereocenters. The number of non-ortho nitro benzene ring substituents is 1. The van der Waals surface area contributed by atoms with Crippen LogP contribution in [0.3, 0.4) is 0 Å². The first kappa shape index (κ1) is 28.2. The molecule has 3 aromatic rings. The number of rotatable bonds is 9. The van der Waals surface area contributed by atoms with E-state index in [-0.39, 0.29) is 35.1 Å². The second-order valence-corrected chi connectivity index (χ2v) is 8.40. The van der Waals surface area contributed by atoms with Crippen molar-refractivity contribution >= 4 is 47.3 Å². The number of nitrogens with zero attached hydrogens (tertiary/aromatic N) is 2. The van der Waals surface area contributed by atoms with Crippen LogP contribution in [0.15, 0.2) is 78.4 Å². The fraction of sp³-hybridized carbons (Fsp3) is 0.103. The molecule has 41 heavy (non-hydrogen) atoms. The Morgan fingerprint density at radius 3 is 2.44 bits per heavy atom. The second-order valence-electron chi connectivity index (χ2n) is 8.40. The second kappa shape index (κ2) is 12.4. The highest BCUT2D eigenvalue weighted by Gasteiger charge is 2.36. The van der Waals surface area contributed by atoms with Crippen LogP contribution in [0.1, 0.15) is 18.1 Å². The minimum Gasteiger partial charge on any atom is -0.497 e. The van der Waals surface area contributed by atoms with E-state index in [0.29, 0.717) is 16.9 Å². The predicted octanol–water partition coefficient (Wildman–Crippen LogP) is 4.29. The third kappa shape index (κ3) is 6.63. The maximum absolute atomic E-state index is 13.2. The van der Waals surface area contributed by atoms with Crippen molar-refractivity contribution in [2.75, 3.05) is 18.6 Å². The Kier molecular flexibility index (Phi) is 8.53. The Morgan fingerprint density at radius 1 is 1.00 bits per heavy atom. The minimum absolute atomic E-state index is 0.0668. The van der Waals surface area contributed by atoms with E-state index in [0.717, 1.165) is 11.0 Å². The third-order valence-corrected chi connectivity index (χ3v) is 5.71. The number of hydrogen-bond donors (Lipinski definition) is 1. The highest BCUT2D eigenvalue weighted by molar-refractivity contribution is 6.39. The van der Waals surface area contributed by atoms with Crippen LogP contribution in [0.5, 0.6) is 17.2 Å². The Bertz CT molecular complexity index is 1590. The molecule has 12 nitrogen and oxygen atoms in total. The predicted molar refractivity (Wildman–Crippen MR) is 147 cm³/mol.